The minimum atomic E-state index is -4.46. The lowest BCUT2D eigenvalue weighted by atomic mass is 10.0. The van der Waals surface area contributed by atoms with Crippen LogP contribution >= 0.6 is 7.82 Å². The zero-order valence-corrected chi connectivity index (χ0v) is 55.6. The van der Waals surface area contributed by atoms with Gasteiger partial charge in [-0.3, -0.25) is 18.6 Å². The molecule has 0 aromatic heterocycles. The summed E-state index contributed by atoms with van der Waals surface area (Å²) >= 11 is 0. The highest BCUT2D eigenvalue weighted by Gasteiger charge is 2.30. The molecule has 0 aromatic rings. The van der Waals surface area contributed by atoms with Gasteiger partial charge in [-0.05, 0) is 102 Å². The minimum absolute atomic E-state index is 0.0379. The molecular weight excluding hydrogens is 1040 g/mol. The molecule has 3 unspecified atom stereocenters. The predicted octanol–water partition coefficient (Wildman–Crippen LogP) is 22.0. The minimum Gasteiger partial charge on any atom is -0.456 e. The SMILES string of the molecule is CCCCC/C=C\C/C=C\C/C=C\CCCCCCCCCCCCCCC(=O)NC(COP(=O)(O)OCC[N+](C)(C)C)C(/C=C\CCCCCCCCCCCC)OC(=O)CCCCCCCCCCC/C=C\C/C=C\CCCCC. The Morgan fingerprint density at radius 3 is 1.13 bits per heavy atom. The molecule has 0 spiro atoms. The maximum Gasteiger partial charge on any atom is 0.472 e. The Kier molecular flexibility index (Phi) is 59.6. The van der Waals surface area contributed by atoms with Gasteiger partial charge in [-0.15, -0.1) is 0 Å². The van der Waals surface area contributed by atoms with Crippen LogP contribution in [0.3, 0.4) is 0 Å². The fourth-order valence-corrected chi connectivity index (χ4v) is 10.7. The summed E-state index contributed by atoms with van der Waals surface area (Å²) in [6.07, 6.45) is 80.4. The van der Waals surface area contributed by atoms with E-state index in [2.05, 4.69) is 86.8 Å². The average molecular weight is 1170 g/mol. The van der Waals surface area contributed by atoms with E-state index in [9.17, 15) is 19.0 Å². The van der Waals surface area contributed by atoms with E-state index in [0.717, 1.165) is 77.0 Å². The van der Waals surface area contributed by atoms with E-state index < -0.39 is 20.0 Å². The zero-order chi connectivity index (χ0) is 60.0. The van der Waals surface area contributed by atoms with Crippen LogP contribution in [0.1, 0.15) is 323 Å². The first-order valence-corrected chi connectivity index (χ1v) is 36.3. The van der Waals surface area contributed by atoms with Gasteiger partial charge in [0.2, 0.25) is 5.91 Å². The quantitative estimate of drug-likeness (QED) is 0.0205. The largest absolute Gasteiger partial charge is 0.472 e. The number of allylic oxidation sites excluding steroid dienone is 11. The molecule has 478 valence electrons. The standard InChI is InChI=1S/C72H133N2O7P/c1-7-10-13-16-19-22-25-28-30-32-34-35-36-37-38-39-41-42-44-46-49-52-55-58-61-64-71(75)73-69(68-80-82(77,78)79-67-66-74(4,5)6)70(63-60-57-54-51-48-27-24-21-18-15-12-9-3)81-72(76)65-62-59-56-53-50-47-45-43-40-33-31-29-26-23-20-17-14-11-8-2/h19-20,22-23,28-31,34-35,60,63,69-70H,7-18,21,24-27,32-33,36-59,61-62,64-68H2,1-6H3,(H-,73,75,77,78)/p+1/b22-19-,23-20-,30-28-,31-29-,35-34-,63-60-. The van der Waals surface area contributed by atoms with E-state index in [0.29, 0.717) is 17.4 Å². The van der Waals surface area contributed by atoms with E-state index in [4.69, 9.17) is 13.8 Å². The Bertz CT molecular complexity index is 1630. The maximum absolute atomic E-state index is 13.6. The van der Waals surface area contributed by atoms with Gasteiger partial charge in [0.15, 0.2) is 0 Å². The number of hydrogen-bond donors (Lipinski definition) is 2. The maximum atomic E-state index is 13.6. The third-order valence-corrected chi connectivity index (χ3v) is 16.4. The van der Waals surface area contributed by atoms with E-state index in [1.54, 1.807) is 0 Å². The molecule has 0 saturated carbocycles. The third-order valence-electron chi connectivity index (χ3n) is 15.4. The van der Waals surface area contributed by atoms with Gasteiger partial charge < -0.3 is 19.4 Å². The Morgan fingerprint density at radius 2 is 0.744 bits per heavy atom. The van der Waals surface area contributed by atoms with Crippen molar-refractivity contribution < 1.29 is 37.3 Å². The summed E-state index contributed by atoms with van der Waals surface area (Å²) < 4.78 is 30.8. The van der Waals surface area contributed by atoms with E-state index in [-0.39, 0.29) is 31.5 Å². The number of quaternary nitrogens is 1. The van der Waals surface area contributed by atoms with E-state index >= 15 is 0 Å². The van der Waals surface area contributed by atoms with Gasteiger partial charge in [0.25, 0.3) is 0 Å². The number of amides is 1. The molecule has 0 aromatic carbocycles. The van der Waals surface area contributed by atoms with Crippen LogP contribution in [-0.4, -0.2) is 74.3 Å². The Labute approximate surface area is 508 Å². The average Bonchev–Trinajstić information content (AvgIpc) is 3.44. The number of hydrogen-bond acceptors (Lipinski definition) is 6. The van der Waals surface area contributed by atoms with Gasteiger partial charge in [-0.1, -0.05) is 280 Å². The normalized spacial score (nSPS) is 14.0. The molecule has 1 amide bonds. The first-order valence-electron chi connectivity index (χ1n) is 34.8. The number of rotatable bonds is 63. The van der Waals surface area contributed by atoms with Crippen LogP contribution in [0.2, 0.25) is 0 Å². The van der Waals surface area contributed by atoms with Crippen molar-refractivity contribution in [2.45, 2.75) is 335 Å². The molecule has 0 aliphatic heterocycles. The molecule has 0 rings (SSSR count). The van der Waals surface area contributed by atoms with Gasteiger partial charge >= 0.3 is 13.8 Å². The fourth-order valence-electron chi connectivity index (χ4n) is 9.98. The summed E-state index contributed by atoms with van der Waals surface area (Å²) in [5.41, 5.74) is 0. The van der Waals surface area contributed by atoms with E-state index in [1.165, 1.54) is 212 Å². The smallest absolute Gasteiger partial charge is 0.456 e. The first-order chi connectivity index (χ1) is 39.9. The highest BCUT2D eigenvalue weighted by Crippen LogP contribution is 2.43. The summed E-state index contributed by atoms with van der Waals surface area (Å²) in [6.45, 7) is 6.99. The molecular formula is C72H134N2O7P+. The number of nitrogens with one attached hydrogen (secondary N) is 1. The third kappa shape index (κ3) is 62.0. The van der Waals surface area contributed by atoms with Crippen LogP contribution in [0.5, 0.6) is 0 Å². The Hall–Kier alpha value is -2.55. The number of unbranched alkanes of at least 4 members (excludes halogenated alkanes) is 37. The summed E-state index contributed by atoms with van der Waals surface area (Å²) in [6, 6.07) is -0.854. The van der Waals surface area contributed by atoms with Gasteiger partial charge in [0, 0.05) is 12.8 Å². The number of phosphoric acid groups is 1. The van der Waals surface area contributed by atoms with Gasteiger partial charge in [-0.2, -0.15) is 0 Å². The molecule has 0 saturated heterocycles. The summed E-state index contributed by atoms with van der Waals surface area (Å²) in [5.74, 6) is -0.504. The zero-order valence-electron chi connectivity index (χ0n) is 54.7. The van der Waals surface area contributed by atoms with Gasteiger partial charge in [0.1, 0.15) is 19.3 Å². The topological polar surface area (TPSA) is 111 Å². The first kappa shape index (κ1) is 79.5. The number of esters is 1. The molecule has 0 aliphatic carbocycles. The van der Waals surface area contributed by atoms with E-state index in [1.807, 2.05) is 33.3 Å². The molecule has 0 radical (unpaired) electrons. The monoisotopic (exact) mass is 1170 g/mol. The van der Waals surface area contributed by atoms with Crippen LogP contribution in [0.4, 0.5) is 0 Å². The number of carbonyl (C=O) groups is 2. The Morgan fingerprint density at radius 1 is 0.427 bits per heavy atom. The number of likely N-dealkylation sites (N-methyl/N-ethyl adjacent to an activating group) is 1. The molecule has 0 heterocycles. The van der Waals surface area contributed by atoms with Gasteiger partial charge in [0.05, 0.1) is 33.8 Å². The Balaban J connectivity index is 5.09. The lowest BCUT2D eigenvalue weighted by Crippen LogP contribution is -2.47. The summed E-state index contributed by atoms with van der Waals surface area (Å²) in [5, 5.41) is 3.07. The van der Waals surface area contributed by atoms with Crippen molar-refractivity contribution in [1.82, 2.24) is 5.32 Å². The highest BCUT2D eigenvalue weighted by molar-refractivity contribution is 7.47. The highest BCUT2D eigenvalue weighted by atomic mass is 31.2. The molecule has 82 heavy (non-hydrogen) atoms. The molecule has 3 atom stereocenters. The van der Waals surface area contributed by atoms with Crippen molar-refractivity contribution in [2.75, 3.05) is 40.9 Å². The van der Waals surface area contributed by atoms with Gasteiger partial charge in [-0.25, -0.2) is 4.57 Å². The lowest BCUT2D eigenvalue weighted by molar-refractivity contribution is -0.870. The molecule has 0 bridgehead atoms. The van der Waals surface area contributed by atoms with Crippen LogP contribution in [0.25, 0.3) is 0 Å². The molecule has 0 fully saturated rings. The van der Waals surface area contributed by atoms with Crippen LogP contribution in [0.15, 0.2) is 72.9 Å². The number of ether oxygens (including phenoxy) is 1. The summed E-state index contributed by atoms with van der Waals surface area (Å²) in [7, 11) is 1.50. The van der Waals surface area contributed by atoms with Crippen molar-refractivity contribution in [3.8, 4) is 0 Å². The molecule has 0 aliphatic rings. The molecule has 2 N–H and O–H groups in total. The lowest BCUT2D eigenvalue weighted by Gasteiger charge is -2.27. The second-order valence-electron chi connectivity index (χ2n) is 24.7. The van der Waals surface area contributed by atoms with Crippen molar-refractivity contribution in [1.29, 1.82) is 0 Å². The molecule has 10 heteroatoms. The van der Waals surface area contributed by atoms with Crippen LogP contribution in [-0.2, 0) is 27.9 Å². The number of carbonyl (C=O) groups excluding carboxylic acids is 2. The second-order valence-corrected chi connectivity index (χ2v) is 26.1. The predicted molar refractivity (Wildman–Crippen MR) is 355 cm³/mol. The fraction of sp³-hybridized carbons (Fsp3) is 0.806. The number of phosphoric ester groups is 1. The summed E-state index contributed by atoms with van der Waals surface area (Å²) in [4.78, 5) is 37.9. The van der Waals surface area contributed by atoms with Crippen molar-refractivity contribution in [2.24, 2.45) is 0 Å². The van der Waals surface area contributed by atoms with Crippen LogP contribution in [0, 0.1) is 0 Å². The molecule has 9 nitrogen and oxygen atoms in total. The van der Waals surface area contributed by atoms with Crippen molar-refractivity contribution >= 4 is 19.7 Å². The number of nitrogens with zero attached hydrogens (tertiary/aromatic N) is 1. The van der Waals surface area contributed by atoms with Crippen molar-refractivity contribution in [3.05, 3.63) is 72.9 Å². The van der Waals surface area contributed by atoms with Crippen LogP contribution < -0.4 is 5.32 Å². The van der Waals surface area contributed by atoms with Crippen molar-refractivity contribution in [3.63, 3.8) is 0 Å². The second kappa shape index (κ2) is 61.5.